The number of hydrogen-bond acceptors (Lipinski definition) is 3. The number of benzene rings is 1. The van der Waals surface area contributed by atoms with Gasteiger partial charge in [-0.05, 0) is 20.5 Å². The first kappa shape index (κ1) is 11.0. The predicted octanol–water partition coefficient (Wildman–Crippen LogP) is 1.33. The largest absolute Gasteiger partial charge is 0.350 e. The van der Waals surface area contributed by atoms with E-state index in [0.717, 1.165) is 24.8 Å². The Kier molecular flexibility index (Phi) is 3.08. The van der Waals surface area contributed by atoms with Crippen LogP contribution in [0.4, 0.5) is 0 Å². The topological polar surface area (TPSA) is 26.7 Å². The van der Waals surface area contributed by atoms with Crippen molar-refractivity contribution >= 4 is 13.1 Å². The van der Waals surface area contributed by atoms with Crippen molar-refractivity contribution in [2.45, 2.75) is 6.42 Å². The van der Waals surface area contributed by atoms with Gasteiger partial charge in [-0.3, -0.25) is 9.34 Å². The summed E-state index contributed by atoms with van der Waals surface area (Å²) in [5.74, 6) is 0. The average Bonchev–Trinajstić information content (AvgIpc) is 2.27. The van der Waals surface area contributed by atoms with E-state index in [-0.39, 0.29) is 0 Å². The molecule has 0 spiro atoms. The summed E-state index contributed by atoms with van der Waals surface area (Å²) in [6.07, 6.45) is 1.13. The third-order valence-electron chi connectivity index (χ3n) is 3.02. The predicted molar refractivity (Wildman–Crippen MR) is 65.1 cm³/mol. The number of rotatable bonds is 1. The third kappa shape index (κ3) is 1.81. The fourth-order valence-electron chi connectivity index (χ4n) is 2.09. The van der Waals surface area contributed by atoms with Crippen LogP contribution in [0.2, 0.25) is 0 Å². The summed E-state index contributed by atoms with van der Waals surface area (Å²) in [5, 5.41) is 1.05. The van der Waals surface area contributed by atoms with Crippen molar-refractivity contribution in [1.82, 2.24) is 9.34 Å². The van der Waals surface area contributed by atoms with Crippen molar-refractivity contribution in [2.24, 2.45) is 0 Å². The lowest BCUT2D eigenvalue weighted by Gasteiger charge is -2.48. The van der Waals surface area contributed by atoms with Gasteiger partial charge in [-0.25, -0.2) is 0 Å². The van der Waals surface area contributed by atoms with Crippen molar-refractivity contribution in [3.05, 3.63) is 30.3 Å². The second kappa shape index (κ2) is 4.18. The molecule has 0 saturated carbocycles. The first-order valence-electron chi connectivity index (χ1n) is 5.26. The van der Waals surface area contributed by atoms with E-state index >= 15 is 0 Å². The maximum Gasteiger partial charge on any atom is 0.142 e. The summed E-state index contributed by atoms with van der Waals surface area (Å²) in [5.41, 5.74) is 0. The molecular weight excluding hydrogens is 207 g/mol. The molecule has 1 radical (unpaired) electrons. The van der Waals surface area contributed by atoms with Gasteiger partial charge < -0.3 is 4.89 Å². The molecule has 83 valence electrons. The maximum atomic E-state index is 10.8. The van der Waals surface area contributed by atoms with Crippen LogP contribution in [-0.2, 0) is 0 Å². The van der Waals surface area contributed by atoms with Gasteiger partial charge in [-0.15, -0.1) is 0 Å². The van der Waals surface area contributed by atoms with Crippen LogP contribution in [0.3, 0.4) is 0 Å². The van der Waals surface area contributed by atoms with Crippen LogP contribution in [0.15, 0.2) is 30.3 Å². The zero-order valence-electron chi connectivity index (χ0n) is 9.30. The van der Waals surface area contributed by atoms with Crippen molar-refractivity contribution in [3.8, 4) is 0 Å². The van der Waals surface area contributed by atoms with Crippen LogP contribution >= 0.6 is 7.79 Å². The highest BCUT2D eigenvalue weighted by Gasteiger charge is 2.38. The normalized spacial score (nSPS) is 22.9. The van der Waals surface area contributed by atoms with Gasteiger partial charge in [0.25, 0.3) is 0 Å². The van der Waals surface area contributed by atoms with Crippen LogP contribution in [-0.4, -0.2) is 41.4 Å². The first-order chi connectivity index (χ1) is 7.15. The highest BCUT2D eigenvalue weighted by atomic mass is 31.2. The fraction of sp³-hybridized carbons (Fsp3) is 0.455. The molecule has 4 heteroatoms. The molecule has 1 heterocycles. The van der Waals surface area contributed by atoms with Gasteiger partial charge in [0.1, 0.15) is 7.79 Å². The lowest BCUT2D eigenvalue weighted by Crippen LogP contribution is -2.43. The van der Waals surface area contributed by atoms with Crippen LogP contribution < -0.4 is 5.30 Å². The highest BCUT2D eigenvalue weighted by Crippen LogP contribution is 2.59. The van der Waals surface area contributed by atoms with E-state index in [1.165, 1.54) is 0 Å². The van der Waals surface area contributed by atoms with E-state index < -0.39 is 7.79 Å². The summed E-state index contributed by atoms with van der Waals surface area (Å²) >= 11 is 0. The van der Waals surface area contributed by atoms with E-state index in [0.29, 0.717) is 0 Å². The van der Waals surface area contributed by atoms with Crippen LogP contribution in [0.25, 0.3) is 0 Å². The Hall–Kier alpha value is -0.470. The Bertz CT molecular complexity index is 321. The molecular formula is C11H18N2OP. The van der Waals surface area contributed by atoms with Crippen molar-refractivity contribution in [1.29, 1.82) is 0 Å². The van der Waals surface area contributed by atoms with Crippen LogP contribution in [0, 0.1) is 0 Å². The van der Waals surface area contributed by atoms with E-state index in [1.807, 2.05) is 44.4 Å². The summed E-state index contributed by atoms with van der Waals surface area (Å²) in [7, 11) is 1.79. The molecule has 0 bridgehead atoms. The monoisotopic (exact) mass is 225 g/mol. The van der Waals surface area contributed by atoms with E-state index in [4.69, 9.17) is 0 Å². The molecule has 1 fully saturated rings. The Morgan fingerprint density at radius 3 is 2.13 bits per heavy atom. The second-order valence-electron chi connectivity index (χ2n) is 4.02. The Morgan fingerprint density at radius 1 is 1.07 bits per heavy atom. The van der Waals surface area contributed by atoms with E-state index in [9.17, 15) is 4.89 Å². The molecule has 1 aromatic carbocycles. The lowest BCUT2D eigenvalue weighted by molar-refractivity contribution is 0.314. The molecule has 2 rings (SSSR count). The second-order valence-corrected chi connectivity index (χ2v) is 7.04. The molecule has 0 aromatic heterocycles. The summed E-state index contributed by atoms with van der Waals surface area (Å²) in [4.78, 5) is 10.8. The van der Waals surface area contributed by atoms with Crippen molar-refractivity contribution in [2.75, 3.05) is 27.2 Å². The minimum atomic E-state index is -2.23. The quantitative estimate of drug-likeness (QED) is 0.730. The average molecular weight is 225 g/mol. The molecule has 1 aromatic rings. The fourth-order valence-corrected chi connectivity index (χ4v) is 4.81. The Labute approximate surface area is 91.8 Å². The third-order valence-corrected chi connectivity index (χ3v) is 6.31. The van der Waals surface area contributed by atoms with E-state index in [2.05, 4.69) is 9.34 Å². The van der Waals surface area contributed by atoms with Crippen molar-refractivity contribution < 1.29 is 4.89 Å². The Balaban J connectivity index is 2.38. The van der Waals surface area contributed by atoms with Crippen LogP contribution in [0.1, 0.15) is 6.42 Å². The van der Waals surface area contributed by atoms with Gasteiger partial charge in [0.15, 0.2) is 0 Å². The first-order valence-corrected chi connectivity index (χ1v) is 6.91. The minimum Gasteiger partial charge on any atom is -0.350 e. The van der Waals surface area contributed by atoms with Crippen LogP contribution in [0.5, 0.6) is 0 Å². The molecule has 0 atom stereocenters. The molecule has 0 aliphatic carbocycles. The summed E-state index contributed by atoms with van der Waals surface area (Å²) < 4.78 is 4.21. The lowest BCUT2D eigenvalue weighted by atomic mass is 10.4. The Morgan fingerprint density at radius 2 is 1.60 bits per heavy atom. The maximum absolute atomic E-state index is 10.8. The number of nitrogens with zero attached hydrogens (tertiary/aromatic N) is 2. The minimum absolute atomic E-state index is 0.976. The van der Waals surface area contributed by atoms with Gasteiger partial charge in [-0.1, -0.05) is 30.3 Å². The highest BCUT2D eigenvalue weighted by molar-refractivity contribution is 7.73. The zero-order valence-corrected chi connectivity index (χ0v) is 10.2. The molecule has 0 unspecified atom stereocenters. The van der Waals surface area contributed by atoms with Gasteiger partial charge in [0.2, 0.25) is 0 Å². The molecule has 0 amide bonds. The molecule has 15 heavy (non-hydrogen) atoms. The van der Waals surface area contributed by atoms with Gasteiger partial charge in [0.05, 0.1) is 0 Å². The van der Waals surface area contributed by atoms with Crippen molar-refractivity contribution in [3.63, 3.8) is 0 Å². The smallest absolute Gasteiger partial charge is 0.142 e. The standard InChI is InChI=1S/C11H18N2OP/c1-12-9-6-10-13(2)15(12,14)11-7-4-3-5-8-11/h3-5,7-8,14H,6,9-10H2,1-2H3. The zero-order chi connectivity index (χ0) is 10.9. The molecule has 1 aliphatic heterocycles. The molecule has 1 N–H and O–H groups in total. The summed E-state index contributed by atoms with van der Waals surface area (Å²) in [6.45, 7) is 1.95. The van der Waals surface area contributed by atoms with E-state index in [1.54, 1.807) is 0 Å². The molecule has 3 nitrogen and oxygen atoms in total. The molecule has 1 saturated heterocycles. The van der Waals surface area contributed by atoms with Gasteiger partial charge in [0, 0.05) is 18.4 Å². The SMILES string of the molecule is CN1CCCN(C)[P]1(O)c1ccccc1. The molecule has 1 aliphatic rings. The van der Waals surface area contributed by atoms with Gasteiger partial charge in [-0.2, -0.15) is 0 Å². The summed E-state index contributed by atoms with van der Waals surface area (Å²) in [6, 6.07) is 10.0. The number of hydrogen-bond donors (Lipinski definition) is 1. The van der Waals surface area contributed by atoms with Gasteiger partial charge >= 0.3 is 0 Å².